The Morgan fingerprint density at radius 1 is 1.14 bits per heavy atom. The molecule has 0 unspecified atom stereocenters. The minimum Gasteiger partial charge on any atom is -0.496 e. The Bertz CT molecular complexity index is 1050. The summed E-state index contributed by atoms with van der Waals surface area (Å²) in [5.41, 5.74) is 3.23. The number of halogens is 4. The van der Waals surface area contributed by atoms with E-state index >= 15 is 0 Å². The molecule has 0 saturated heterocycles. The number of carbonyl (C=O) groups is 2. The first kappa shape index (κ1) is 19.9. The molecule has 6 nitrogen and oxygen atoms in total. The van der Waals surface area contributed by atoms with Crippen LogP contribution in [0.5, 0.6) is 5.75 Å². The fraction of sp³-hybridized carbons (Fsp3) is 0.118. The molecule has 3 aromatic rings. The molecule has 2 aromatic heterocycles. The third-order valence-corrected chi connectivity index (χ3v) is 4.86. The van der Waals surface area contributed by atoms with Crippen LogP contribution in [0, 0.1) is 0 Å². The van der Waals surface area contributed by atoms with Gasteiger partial charge in [0.25, 0.3) is 11.8 Å². The van der Waals surface area contributed by atoms with Gasteiger partial charge in [0.1, 0.15) is 16.3 Å². The number of nitrogens with zero attached hydrogens (tertiary/aromatic N) is 1. The van der Waals surface area contributed by atoms with E-state index in [1.54, 1.807) is 0 Å². The van der Waals surface area contributed by atoms with E-state index in [2.05, 4.69) is 15.8 Å². The van der Waals surface area contributed by atoms with Crippen molar-refractivity contribution in [1.29, 1.82) is 0 Å². The van der Waals surface area contributed by atoms with Crippen molar-refractivity contribution in [1.82, 2.24) is 15.8 Å². The minimum absolute atomic E-state index is 0.0576. The molecule has 0 aliphatic rings. The average Bonchev–Trinajstić information content (AvgIpc) is 3.09. The number of ether oxygens (including phenoxy) is 1. The zero-order chi connectivity index (χ0) is 20.5. The van der Waals surface area contributed by atoms with Crippen LogP contribution >= 0.6 is 22.9 Å². The number of nitrogens with one attached hydrogen (secondary N) is 2. The third kappa shape index (κ3) is 4.02. The first-order valence-electron chi connectivity index (χ1n) is 7.60. The van der Waals surface area contributed by atoms with Gasteiger partial charge in [-0.05, 0) is 24.3 Å². The Kier molecular flexibility index (Phi) is 5.43. The monoisotopic (exact) mass is 429 g/mol. The number of pyridine rings is 1. The summed E-state index contributed by atoms with van der Waals surface area (Å²) in [6.07, 6.45) is -4.71. The van der Waals surface area contributed by atoms with Crippen LogP contribution in [0.4, 0.5) is 13.2 Å². The van der Waals surface area contributed by atoms with E-state index in [-0.39, 0.29) is 27.1 Å². The van der Waals surface area contributed by atoms with Gasteiger partial charge < -0.3 is 4.74 Å². The first-order valence-corrected chi connectivity index (χ1v) is 8.86. The molecule has 0 fully saturated rings. The zero-order valence-corrected chi connectivity index (χ0v) is 15.6. The Morgan fingerprint density at radius 2 is 1.79 bits per heavy atom. The van der Waals surface area contributed by atoms with E-state index in [1.807, 2.05) is 0 Å². The Morgan fingerprint density at radius 3 is 2.39 bits per heavy atom. The van der Waals surface area contributed by atoms with Gasteiger partial charge in [-0.25, -0.2) is 4.98 Å². The van der Waals surface area contributed by atoms with Gasteiger partial charge in [-0.2, -0.15) is 13.2 Å². The number of amides is 2. The fourth-order valence-electron chi connectivity index (χ4n) is 2.31. The maximum absolute atomic E-state index is 13.1. The number of carbonyl (C=O) groups excluding carboxylic acids is 2. The molecule has 0 radical (unpaired) electrons. The molecule has 0 saturated carbocycles. The van der Waals surface area contributed by atoms with Crippen molar-refractivity contribution < 1.29 is 27.5 Å². The summed E-state index contributed by atoms with van der Waals surface area (Å²) in [5.74, 6) is -1.48. The van der Waals surface area contributed by atoms with E-state index in [0.717, 1.165) is 17.4 Å². The van der Waals surface area contributed by atoms with Crippen molar-refractivity contribution in [2.75, 3.05) is 7.11 Å². The summed E-state index contributed by atoms with van der Waals surface area (Å²) >= 11 is 6.62. The number of benzene rings is 1. The maximum atomic E-state index is 13.1. The van der Waals surface area contributed by atoms with E-state index in [1.165, 1.54) is 36.8 Å². The summed E-state index contributed by atoms with van der Waals surface area (Å²) in [6.45, 7) is 0. The van der Waals surface area contributed by atoms with E-state index < -0.39 is 23.7 Å². The van der Waals surface area contributed by atoms with Crippen LogP contribution in [0.1, 0.15) is 25.7 Å². The van der Waals surface area contributed by atoms with Crippen molar-refractivity contribution in [2.24, 2.45) is 0 Å². The molecule has 0 aliphatic heterocycles. The van der Waals surface area contributed by atoms with Gasteiger partial charge in [0.2, 0.25) is 0 Å². The molecule has 2 amide bonds. The molecule has 146 valence electrons. The van der Waals surface area contributed by atoms with Crippen LogP contribution in [0.15, 0.2) is 35.7 Å². The predicted octanol–water partition coefficient (Wildman–Crippen LogP) is 4.05. The van der Waals surface area contributed by atoms with Gasteiger partial charge >= 0.3 is 6.18 Å². The lowest BCUT2D eigenvalue weighted by Gasteiger charge is -2.10. The van der Waals surface area contributed by atoms with Gasteiger partial charge in [-0.1, -0.05) is 11.6 Å². The molecule has 3 rings (SSSR count). The summed E-state index contributed by atoms with van der Waals surface area (Å²) < 4.78 is 44.2. The molecule has 0 atom stereocenters. The molecule has 28 heavy (non-hydrogen) atoms. The second-order valence-corrected chi connectivity index (χ2v) is 6.77. The number of methoxy groups -OCH3 is 1. The van der Waals surface area contributed by atoms with Crippen LogP contribution in [-0.2, 0) is 6.18 Å². The SMILES string of the molecule is COc1cc(C(F)(F)F)nc2c(C(=O)NNC(=O)c3ccc(Cl)cc3)scc12. The van der Waals surface area contributed by atoms with Gasteiger partial charge in [0, 0.05) is 22.0 Å². The molecule has 0 bridgehead atoms. The standard InChI is InChI=1S/C17H11ClF3N3O3S/c1-27-11-6-12(17(19,20)21)22-13-10(11)7-28-14(13)16(26)24-23-15(25)8-2-4-9(18)5-3-8/h2-7H,1H3,(H,23,25)(H,24,26). The highest BCUT2D eigenvalue weighted by atomic mass is 35.5. The molecule has 2 heterocycles. The number of hydrogen-bond donors (Lipinski definition) is 2. The van der Waals surface area contributed by atoms with Crippen molar-refractivity contribution in [3.63, 3.8) is 0 Å². The highest BCUT2D eigenvalue weighted by Crippen LogP contribution is 2.37. The molecule has 2 N–H and O–H groups in total. The van der Waals surface area contributed by atoms with E-state index in [0.29, 0.717) is 5.02 Å². The van der Waals surface area contributed by atoms with Crippen LogP contribution in [0.25, 0.3) is 10.9 Å². The quantitative estimate of drug-likeness (QED) is 0.615. The van der Waals surface area contributed by atoms with Gasteiger partial charge in [-0.3, -0.25) is 20.4 Å². The third-order valence-electron chi connectivity index (χ3n) is 3.64. The van der Waals surface area contributed by atoms with Crippen LogP contribution in [-0.4, -0.2) is 23.9 Å². The summed E-state index contributed by atoms with van der Waals surface area (Å²) in [5, 5.41) is 2.15. The van der Waals surface area contributed by atoms with Gasteiger partial charge in [-0.15, -0.1) is 11.3 Å². The minimum atomic E-state index is -4.71. The number of fused-ring (bicyclic) bond motifs is 1. The lowest BCUT2D eigenvalue weighted by Crippen LogP contribution is -2.41. The summed E-state index contributed by atoms with van der Waals surface area (Å²) in [4.78, 5) is 27.8. The van der Waals surface area contributed by atoms with Crippen LogP contribution < -0.4 is 15.6 Å². The Hall–Kier alpha value is -2.85. The summed E-state index contributed by atoms with van der Waals surface area (Å²) in [7, 11) is 1.22. The Labute approximate surface area is 165 Å². The van der Waals surface area contributed by atoms with E-state index in [9.17, 15) is 22.8 Å². The van der Waals surface area contributed by atoms with Crippen LogP contribution in [0.3, 0.4) is 0 Å². The highest BCUT2D eigenvalue weighted by molar-refractivity contribution is 7.13. The highest BCUT2D eigenvalue weighted by Gasteiger charge is 2.34. The Balaban J connectivity index is 1.85. The number of alkyl halides is 3. The average molecular weight is 430 g/mol. The summed E-state index contributed by atoms with van der Waals surface area (Å²) in [6, 6.07) is 6.66. The van der Waals surface area contributed by atoms with E-state index in [4.69, 9.17) is 16.3 Å². The smallest absolute Gasteiger partial charge is 0.433 e. The zero-order valence-electron chi connectivity index (χ0n) is 14.1. The van der Waals surface area contributed by atoms with Crippen molar-refractivity contribution in [3.8, 4) is 5.75 Å². The predicted molar refractivity (Wildman–Crippen MR) is 97.6 cm³/mol. The molecular formula is C17H11ClF3N3O3S. The normalized spacial score (nSPS) is 11.3. The lowest BCUT2D eigenvalue weighted by molar-refractivity contribution is -0.141. The number of aromatic nitrogens is 1. The lowest BCUT2D eigenvalue weighted by atomic mass is 10.2. The van der Waals surface area contributed by atoms with Crippen molar-refractivity contribution >= 4 is 45.7 Å². The molecule has 11 heteroatoms. The van der Waals surface area contributed by atoms with Crippen molar-refractivity contribution in [3.05, 3.63) is 56.9 Å². The van der Waals surface area contributed by atoms with Gasteiger partial charge in [0.15, 0.2) is 0 Å². The second-order valence-electron chi connectivity index (χ2n) is 5.45. The molecule has 0 aliphatic carbocycles. The molecular weight excluding hydrogens is 419 g/mol. The number of hydrogen-bond acceptors (Lipinski definition) is 5. The number of hydrazine groups is 1. The number of thiophene rings is 1. The first-order chi connectivity index (χ1) is 13.2. The van der Waals surface area contributed by atoms with Gasteiger partial charge in [0.05, 0.1) is 18.0 Å². The second kappa shape index (κ2) is 7.64. The number of rotatable bonds is 3. The maximum Gasteiger partial charge on any atom is 0.433 e. The fourth-order valence-corrected chi connectivity index (χ4v) is 3.33. The molecule has 1 aromatic carbocycles. The molecule has 0 spiro atoms. The topological polar surface area (TPSA) is 80.3 Å². The largest absolute Gasteiger partial charge is 0.496 e. The van der Waals surface area contributed by atoms with Crippen molar-refractivity contribution in [2.45, 2.75) is 6.18 Å². The van der Waals surface area contributed by atoms with Crippen LogP contribution in [0.2, 0.25) is 5.02 Å².